The summed E-state index contributed by atoms with van der Waals surface area (Å²) in [6, 6.07) is 9.88. The van der Waals surface area contributed by atoms with Gasteiger partial charge in [-0.2, -0.15) is 0 Å². The molecule has 1 saturated heterocycles. The molecule has 1 aliphatic rings. The summed E-state index contributed by atoms with van der Waals surface area (Å²) in [7, 11) is 0. The zero-order chi connectivity index (χ0) is 12.5. The van der Waals surface area contributed by atoms with Gasteiger partial charge in [0.2, 0.25) is 5.91 Å². The quantitative estimate of drug-likeness (QED) is 0.837. The topological polar surface area (TPSA) is 68.0 Å². The standard InChI is InChI=1S/C14H15N3O/c15-13-4-3-10-2-1-9(8-12(10)17-13)7-11-5-6-16-14(11)18/h1-4,8,11H,5-7H2,(H2,15,17)(H,16,18). The molecular formula is C14H15N3O. The smallest absolute Gasteiger partial charge is 0.223 e. The average molecular weight is 241 g/mol. The number of pyridine rings is 1. The minimum absolute atomic E-state index is 0.100. The molecule has 18 heavy (non-hydrogen) atoms. The van der Waals surface area contributed by atoms with Gasteiger partial charge in [-0.05, 0) is 36.6 Å². The highest BCUT2D eigenvalue weighted by Crippen LogP contribution is 2.20. The third-order valence-corrected chi connectivity index (χ3v) is 3.42. The second-order valence-corrected chi connectivity index (χ2v) is 4.74. The number of nitrogens with two attached hydrogens (primary N) is 1. The maximum Gasteiger partial charge on any atom is 0.223 e. The minimum Gasteiger partial charge on any atom is -0.384 e. The van der Waals surface area contributed by atoms with E-state index in [1.165, 1.54) is 0 Å². The van der Waals surface area contributed by atoms with Gasteiger partial charge >= 0.3 is 0 Å². The van der Waals surface area contributed by atoms with Crippen LogP contribution in [-0.2, 0) is 11.2 Å². The molecule has 1 unspecified atom stereocenters. The number of anilines is 1. The predicted octanol–water partition coefficient (Wildman–Crippen LogP) is 1.50. The number of aromatic nitrogens is 1. The molecule has 4 nitrogen and oxygen atoms in total. The lowest BCUT2D eigenvalue weighted by molar-refractivity contribution is -0.122. The average Bonchev–Trinajstić information content (AvgIpc) is 2.74. The fourth-order valence-corrected chi connectivity index (χ4v) is 2.43. The van der Waals surface area contributed by atoms with Crippen LogP contribution in [0.4, 0.5) is 5.82 Å². The van der Waals surface area contributed by atoms with Crippen LogP contribution in [-0.4, -0.2) is 17.4 Å². The molecule has 92 valence electrons. The SMILES string of the molecule is Nc1ccc2ccc(CC3CCNC3=O)cc2n1. The van der Waals surface area contributed by atoms with Crippen molar-refractivity contribution in [2.75, 3.05) is 12.3 Å². The molecule has 3 N–H and O–H groups in total. The Balaban J connectivity index is 1.90. The van der Waals surface area contributed by atoms with Crippen molar-refractivity contribution in [2.45, 2.75) is 12.8 Å². The monoisotopic (exact) mass is 241 g/mol. The van der Waals surface area contributed by atoms with Crippen molar-refractivity contribution in [1.29, 1.82) is 0 Å². The van der Waals surface area contributed by atoms with Gasteiger partial charge in [-0.25, -0.2) is 4.98 Å². The number of hydrogen-bond donors (Lipinski definition) is 2. The van der Waals surface area contributed by atoms with Crippen LogP contribution >= 0.6 is 0 Å². The summed E-state index contributed by atoms with van der Waals surface area (Å²) in [5.41, 5.74) is 7.72. The molecule has 1 fully saturated rings. The van der Waals surface area contributed by atoms with E-state index in [2.05, 4.69) is 16.4 Å². The first-order valence-corrected chi connectivity index (χ1v) is 6.15. The van der Waals surface area contributed by atoms with Crippen LogP contribution in [0.5, 0.6) is 0 Å². The van der Waals surface area contributed by atoms with Crippen LogP contribution in [0.3, 0.4) is 0 Å². The molecule has 0 aliphatic carbocycles. The van der Waals surface area contributed by atoms with Gasteiger partial charge in [0, 0.05) is 17.8 Å². The normalized spacial score (nSPS) is 19.1. The highest BCUT2D eigenvalue weighted by molar-refractivity contribution is 5.82. The number of rotatable bonds is 2. The van der Waals surface area contributed by atoms with E-state index in [9.17, 15) is 4.79 Å². The summed E-state index contributed by atoms with van der Waals surface area (Å²) in [6.07, 6.45) is 1.69. The Kier molecular flexibility index (Phi) is 2.63. The first-order chi connectivity index (χ1) is 8.72. The molecule has 0 spiro atoms. The molecule has 1 atom stereocenters. The van der Waals surface area contributed by atoms with E-state index in [4.69, 9.17) is 5.73 Å². The molecule has 2 heterocycles. The summed E-state index contributed by atoms with van der Waals surface area (Å²) in [5, 5.41) is 3.93. The molecule has 1 aromatic heterocycles. The fourth-order valence-electron chi connectivity index (χ4n) is 2.43. The zero-order valence-electron chi connectivity index (χ0n) is 10.0. The number of nitrogen functional groups attached to an aromatic ring is 1. The van der Waals surface area contributed by atoms with Gasteiger partial charge in [0.15, 0.2) is 0 Å². The van der Waals surface area contributed by atoms with Crippen LogP contribution < -0.4 is 11.1 Å². The largest absolute Gasteiger partial charge is 0.384 e. The van der Waals surface area contributed by atoms with E-state index in [-0.39, 0.29) is 11.8 Å². The number of benzene rings is 1. The van der Waals surface area contributed by atoms with Crippen LogP contribution in [0.25, 0.3) is 10.9 Å². The lowest BCUT2D eigenvalue weighted by Gasteiger charge is -2.08. The van der Waals surface area contributed by atoms with Crippen molar-refractivity contribution < 1.29 is 4.79 Å². The molecule has 1 aliphatic heterocycles. The summed E-state index contributed by atoms with van der Waals surface area (Å²) in [4.78, 5) is 15.9. The number of nitrogens with zero attached hydrogens (tertiary/aromatic N) is 1. The summed E-state index contributed by atoms with van der Waals surface area (Å²) in [5.74, 6) is 0.789. The number of carbonyl (C=O) groups excluding carboxylic acids is 1. The number of carbonyl (C=O) groups is 1. The number of amides is 1. The molecule has 0 saturated carbocycles. The second kappa shape index (κ2) is 4.29. The van der Waals surface area contributed by atoms with E-state index in [1.807, 2.05) is 18.2 Å². The Morgan fingerprint density at radius 1 is 1.33 bits per heavy atom. The van der Waals surface area contributed by atoms with Crippen LogP contribution in [0.15, 0.2) is 30.3 Å². The highest BCUT2D eigenvalue weighted by atomic mass is 16.2. The number of nitrogens with one attached hydrogen (secondary N) is 1. The fraction of sp³-hybridized carbons (Fsp3) is 0.286. The Labute approximate surface area is 105 Å². The maximum atomic E-state index is 11.5. The van der Waals surface area contributed by atoms with Crippen molar-refractivity contribution >= 4 is 22.6 Å². The molecule has 3 rings (SSSR count). The van der Waals surface area contributed by atoms with E-state index >= 15 is 0 Å². The second-order valence-electron chi connectivity index (χ2n) is 4.74. The third kappa shape index (κ3) is 2.01. The lowest BCUT2D eigenvalue weighted by atomic mass is 9.97. The van der Waals surface area contributed by atoms with Crippen molar-refractivity contribution in [1.82, 2.24) is 10.3 Å². The van der Waals surface area contributed by atoms with Gasteiger partial charge in [-0.1, -0.05) is 12.1 Å². The van der Waals surface area contributed by atoms with Crippen LogP contribution in [0.1, 0.15) is 12.0 Å². The summed E-state index contributed by atoms with van der Waals surface area (Å²) >= 11 is 0. The third-order valence-electron chi connectivity index (χ3n) is 3.42. The Morgan fingerprint density at radius 3 is 2.94 bits per heavy atom. The molecule has 1 amide bonds. The van der Waals surface area contributed by atoms with E-state index in [1.54, 1.807) is 6.07 Å². The van der Waals surface area contributed by atoms with Gasteiger partial charge in [0.05, 0.1) is 5.52 Å². The molecular weight excluding hydrogens is 226 g/mol. The summed E-state index contributed by atoms with van der Waals surface area (Å²) < 4.78 is 0. The first-order valence-electron chi connectivity index (χ1n) is 6.15. The zero-order valence-corrected chi connectivity index (χ0v) is 10.0. The van der Waals surface area contributed by atoms with Crippen LogP contribution in [0, 0.1) is 5.92 Å². The number of hydrogen-bond acceptors (Lipinski definition) is 3. The van der Waals surface area contributed by atoms with Crippen molar-refractivity contribution in [3.8, 4) is 0 Å². The minimum atomic E-state index is 0.100. The number of fused-ring (bicyclic) bond motifs is 1. The van der Waals surface area contributed by atoms with E-state index in [0.717, 1.165) is 35.9 Å². The van der Waals surface area contributed by atoms with Crippen molar-refractivity contribution in [2.24, 2.45) is 5.92 Å². The van der Waals surface area contributed by atoms with E-state index < -0.39 is 0 Å². The summed E-state index contributed by atoms with van der Waals surface area (Å²) in [6.45, 7) is 0.794. The Hall–Kier alpha value is -2.10. The van der Waals surface area contributed by atoms with Gasteiger partial charge < -0.3 is 11.1 Å². The van der Waals surface area contributed by atoms with Gasteiger partial charge in [0.1, 0.15) is 5.82 Å². The van der Waals surface area contributed by atoms with Gasteiger partial charge in [0.25, 0.3) is 0 Å². The van der Waals surface area contributed by atoms with Gasteiger partial charge in [-0.15, -0.1) is 0 Å². The van der Waals surface area contributed by atoms with Gasteiger partial charge in [-0.3, -0.25) is 4.79 Å². The Morgan fingerprint density at radius 2 is 2.17 bits per heavy atom. The van der Waals surface area contributed by atoms with Crippen molar-refractivity contribution in [3.05, 3.63) is 35.9 Å². The lowest BCUT2D eigenvalue weighted by Crippen LogP contribution is -2.20. The van der Waals surface area contributed by atoms with E-state index in [0.29, 0.717) is 5.82 Å². The Bertz CT molecular complexity index is 609. The predicted molar refractivity (Wildman–Crippen MR) is 71.0 cm³/mol. The molecule has 4 heteroatoms. The molecule has 0 bridgehead atoms. The first kappa shape index (κ1) is 11.0. The molecule has 0 radical (unpaired) electrons. The van der Waals surface area contributed by atoms with Crippen LogP contribution in [0.2, 0.25) is 0 Å². The molecule has 1 aromatic carbocycles. The maximum absolute atomic E-state index is 11.5. The molecule has 2 aromatic rings. The van der Waals surface area contributed by atoms with Crippen molar-refractivity contribution in [3.63, 3.8) is 0 Å². The highest BCUT2D eigenvalue weighted by Gasteiger charge is 2.23.